The zero-order chi connectivity index (χ0) is 45.2. The van der Waals surface area contributed by atoms with Gasteiger partial charge in [0.25, 0.3) is 11.1 Å². The summed E-state index contributed by atoms with van der Waals surface area (Å²) in [7, 11) is 0. The Bertz CT molecular complexity index is 3170. The average Bonchev–Trinajstić information content (AvgIpc) is 4.02. The Morgan fingerprint density at radius 1 is 0.985 bits per heavy atom. The lowest BCUT2D eigenvalue weighted by Gasteiger charge is -2.38. The molecule has 0 unspecified atom stereocenters. The molecule has 16 heteroatoms. The Balaban J connectivity index is 0.764. The Morgan fingerprint density at radius 3 is 2.54 bits per heavy atom. The third-order valence-corrected chi connectivity index (χ3v) is 13.9. The molecule has 14 nitrogen and oxygen atoms in total. The van der Waals surface area contributed by atoms with Crippen LogP contribution in [0, 0.1) is 18.6 Å². The highest BCUT2D eigenvalue weighted by Crippen LogP contribution is 2.30. The van der Waals surface area contributed by atoms with Crippen molar-refractivity contribution in [2.24, 2.45) is 0 Å². The van der Waals surface area contributed by atoms with Crippen molar-refractivity contribution in [2.75, 3.05) is 19.6 Å². The van der Waals surface area contributed by atoms with Crippen molar-refractivity contribution < 1.29 is 9.90 Å². The van der Waals surface area contributed by atoms with Crippen molar-refractivity contribution >= 4 is 45.2 Å². The summed E-state index contributed by atoms with van der Waals surface area (Å²) in [5, 5.41) is 25.0. The number of pyridine rings is 1. The molecule has 334 valence electrons. The molecule has 7 heterocycles. The van der Waals surface area contributed by atoms with E-state index >= 15 is 0 Å². The lowest BCUT2D eigenvalue weighted by atomic mass is 9.90. The standard InChI is InChI=1S/C49H52N10O4S2/c1-32-17-21-51-42(24-32)58-47(62)44-39(34(3)65-45(44)54-48(58)64)10-7-20-50-26-36-27-52-57(29-36)28-35-11-13-38(14-12-35)40-15-16-41-46(61)56(31-53-59(40)41)30-49(63)18-22-55(23-19-49)43(60)25-33(2)37-8-5-4-6-9-37/h4-6,8-9,11-17,21,24,27,29,31,33,50,63H,7,10,18-20,22-23,25-26,28,30H2,1-3H3,(H,54,64)/t33-/m1/s1. The van der Waals surface area contributed by atoms with Gasteiger partial charge in [-0.3, -0.25) is 23.6 Å². The van der Waals surface area contributed by atoms with Crippen LogP contribution in [0.5, 0.6) is 0 Å². The molecule has 8 aromatic rings. The summed E-state index contributed by atoms with van der Waals surface area (Å²) in [6, 6.07) is 25.6. The first kappa shape index (κ1) is 43.9. The average molecular weight is 909 g/mol. The van der Waals surface area contributed by atoms with E-state index in [0.717, 1.165) is 68.2 Å². The van der Waals surface area contributed by atoms with Gasteiger partial charge in [-0.25, -0.2) is 14.1 Å². The maximum absolute atomic E-state index is 13.8. The fraction of sp³-hybridized carbons (Fsp3) is 0.327. The van der Waals surface area contributed by atoms with E-state index in [1.54, 1.807) is 28.1 Å². The Labute approximate surface area is 384 Å². The number of aromatic nitrogens is 8. The number of aliphatic hydroxyl groups is 1. The van der Waals surface area contributed by atoms with E-state index in [4.69, 9.17) is 12.2 Å². The zero-order valence-electron chi connectivity index (χ0n) is 36.7. The number of piperidine rings is 1. The van der Waals surface area contributed by atoms with Crippen molar-refractivity contribution in [2.45, 2.75) is 84.0 Å². The van der Waals surface area contributed by atoms with Crippen LogP contribution in [0.15, 0.2) is 113 Å². The normalized spacial score (nSPS) is 14.4. The smallest absolute Gasteiger partial charge is 0.277 e. The van der Waals surface area contributed by atoms with E-state index in [-0.39, 0.29) is 29.5 Å². The van der Waals surface area contributed by atoms with Gasteiger partial charge in [-0.1, -0.05) is 61.5 Å². The van der Waals surface area contributed by atoms with E-state index < -0.39 is 5.60 Å². The van der Waals surface area contributed by atoms with Gasteiger partial charge in [-0.15, -0.1) is 11.3 Å². The largest absolute Gasteiger partial charge is 0.388 e. The van der Waals surface area contributed by atoms with Crippen LogP contribution in [0.25, 0.3) is 32.8 Å². The maximum atomic E-state index is 13.8. The number of H-pyrrole nitrogens is 1. The van der Waals surface area contributed by atoms with E-state index in [1.807, 2.05) is 89.6 Å². The molecular weight excluding hydrogens is 857 g/mol. The summed E-state index contributed by atoms with van der Waals surface area (Å²) < 4.78 is 6.89. The first-order chi connectivity index (χ1) is 31.4. The van der Waals surface area contributed by atoms with Gasteiger partial charge in [0.15, 0.2) is 4.77 Å². The molecule has 6 aromatic heterocycles. The minimum Gasteiger partial charge on any atom is -0.388 e. The summed E-state index contributed by atoms with van der Waals surface area (Å²) in [5.74, 6) is 0.714. The van der Waals surface area contributed by atoms with Gasteiger partial charge < -0.3 is 20.3 Å². The lowest BCUT2D eigenvalue weighted by Crippen LogP contribution is -2.49. The van der Waals surface area contributed by atoms with Crippen LogP contribution in [-0.4, -0.2) is 79.6 Å². The van der Waals surface area contributed by atoms with Gasteiger partial charge in [-0.05, 0) is 111 Å². The van der Waals surface area contributed by atoms with Crippen LogP contribution in [0.2, 0.25) is 0 Å². The van der Waals surface area contributed by atoms with Gasteiger partial charge >= 0.3 is 0 Å². The highest BCUT2D eigenvalue weighted by molar-refractivity contribution is 7.71. The molecule has 1 aliphatic heterocycles. The van der Waals surface area contributed by atoms with E-state index in [9.17, 15) is 19.5 Å². The van der Waals surface area contributed by atoms with Crippen LogP contribution in [0.1, 0.15) is 71.2 Å². The molecule has 1 saturated heterocycles. The number of thiophene rings is 1. The third-order valence-electron chi connectivity index (χ3n) is 12.6. The molecule has 9 rings (SSSR count). The van der Waals surface area contributed by atoms with Crippen LogP contribution < -0.4 is 16.4 Å². The number of hydrogen-bond acceptors (Lipinski definition) is 10. The molecule has 1 amide bonds. The number of benzene rings is 2. The predicted octanol–water partition coefficient (Wildman–Crippen LogP) is 7.11. The van der Waals surface area contributed by atoms with Crippen molar-refractivity contribution in [1.82, 2.24) is 48.7 Å². The molecule has 1 fully saturated rings. The number of aryl methyl sites for hydroxylation is 3. The number of aromatic amines is 1. The van der Waals surface area contributed by atoms with Gasteiger partial charge in [0.05, 0.1) is 36.0 Å². The quantitative estimate of drug-likeness (QED) is 0.0720. The van der Waals surface area contributed by atoms with Crippen LogP contribution in [0.3, 0.4) is 0 Å². The number of amides is 1. The number of fused-ring (bicyclic) bond motifs is 2. The molecule has 1 atom stereocenters. The zero-order valence-corrected chi connectivity index (χ0v) is 38.4. The molecule has 0 spiro atoms. The molecule has 2 aromatic carbocycles. The Morgan fingerprint density at radius 2 is 1.77 bits per heavy atom. The number of hydrogen-bond donors (Lipinski definition) is 3. The van der Waals surface area contributed by atoms with Crippen LogP contribution in [-0.2, 0) is 30.8 Å². The molecule has 65 heavy (non-hydrogen) atoms. The highest BCUT2D eigenvalue weighted by atomic mass is 32.1. The second kappa shape index (κ2) is 18.6. The summed E-state index contributed by atoms with van der Waals surface area (Å²) in [4.78, 5) is 51.9. The second-order valence-corrected chi connectivity index (χ2v) is 18.9. The number of nitrogens with one attached hydrogen (secondary N) is 2. The number of rotatable bonds is 15. The summed E-state index contributed by atoms with van der Waals surface area (Å²) in [6.07, 6.45) is 9.92. The molecule has 1 aliphatic rings. The predicted molar refractivity (Wildman–Crippen MR) is 256 cm³/mol. The first-order valence-corrected chi connectivity index (χ1v) is 23.3. The Kier molecular flexibility index (Phi) is 12.6. The molecule has 0 radical (unpaired) electrons. The molecule has 0 bridgehead atoms. The fourth-order valence-electron chi connectivity index (χ4n) is 8.87. The monoisotopic (exact) mass is 908 g/mol. The van der Waals surface area contributed by atoms with Gasteiger partial charge in [0, 0.05) is 54.5 Å². The maximum Gasteiger partial charge on any atom is 0.277 e. The summed E-state index contributed by atoms with van der Waals surface area (Å²) >= 11 is 7.13. The topological polar surface area (TPSA) is 160 Å². The fourth-order valence-corrected chi connectivity index (χ4v) is 10.3. The Hall–Kier alpha value is -6.33. The van der Waals surface area contributed by atoms with Crippen LogP contribution in [0.4, 0.5) is 0 Å². The lowest BCUT2D eigenvalue weighted by molar-refractivity contribution is -0.136. The molecule has 0 saturated carbocycles. The molecular formula is C49H52N10O4S2. The summed E-state index contributed by atoms with van der Waals surface area (Å²) in [6.45, 7) is 9.12. The number of carbonyl (C=O) groups is 1. The molecule has 3 N–H and O–H groups in total. The van der Waals surface area contributed by atoms with Crippen molar-refractivity contribution in [3.05, 3.63) is 162 Å². The number of likely N-dealkylation sites (tertiary alicyclic amines) is 1. The molecule has 0 aliphatic carbocycles. The van der Waals surface area contributed by atoms with Crippen LogP contribution >= 0.6 is 23.6 Å². The number of carbonyl (C=O) groups excluding carboxylic acids is 1. The van der Waals surface area contributed by atoms with Gasteiger partial charge in [-0.2, -0.15) is 10.2 Å². The van der Waals surface area contributed by atoms with Crippen molar-refractivity contribution in [3.63, 3.8) is 0 Å². The number of nitrogens with zero attached hydrogens (tertiary/aromatic N) is 8. The van der Waals surface area contributed by atoms with E-state index in [0.29, 0.717) is 66.9 Å². The van der Waals surface area contributed by atoms with E-state index in [1.165, 1.54) is 15.5 Å². The van der Waals surface area contributed by atoms with Crippen molar-refractivity contribution in [1.29, 1.82) is 0 Å². The summed E-state index contributed by atoms with van der Waals surface area (Å²) in [5.41, 5.74) is 6.00. The minimum absolute atomic E-state index is 0.0825. The third kappa shape index (κ3) is 9.43. The minimum atomic E-state index is -1.12. The van der Waals surface area contributed by atoms with Gasteiger partial charge in [0.1, 0.15) is 22.5 Å². The second-order valence-electron chi connectivity index (χ2n) is 17.3. The van der Waals surface area contributed by atoms with E-state index in [2.05, 4.69) is 51.5 Å². The highest BCUT2D eigenvalue weighted by Gasteiger charge is 2.35. The first-order valence-electron chi connectivity index (χ1n) is 22.1. The van der Waals surface area contributed by atoms with Crippen molar-refractivity contribution in [3.8, 4) is 17.1 Å². The SMILES string of the molecule is Cc1ccnc(-n2c(=S)[nH]c3sc(C)c(CCCNCc4cnn(Cc5ccc(-c6ccc7c(=O)n(CC8(O)CCN(C(=O)C[C@@H](C)c9ccccc9)CC8)cnn67)cc5)c4)c3c2=O)c1. The van der Waals surface area contributed by atoms with Gasteiger partial charge in [0.2, 0.25) is 5.91 Å².